The predicted molar refractivity (Wildman–Crippen MR) is 76.1 cm³/mol. The first-order valence-electron chi connectivity index (χ1n) is 5.69. The van der Waals surface area contributed by atoms with E-state index in [1.165, 1.54) is 17.4 Å². The van der Waals surface area contributed by atoms with Crippen molar-refractivity contribution in [3.05, 3.63) is 17.0 Å². The van der Waals surface area contributed by atoms with Gasteiger partial charge in [0.1, 0.15) is 4.21 Å². The van der Waals surface area contributed by atoms with Gasteiger partial charge in [-0.1, -0.05) is 6.92 Å². The molecule has 1 N–H and O–H groups in total. The van der Waals surface area contributed by atoms with Gasteiger partial charge < -0.3 is 0 Å². The Kier molecular flexibility index (Phi) is 4.27. The summed E-state index contributed by atoms with van der Waals surface area (Å²) in [4.78, 5) is 0.960. The Balaban J connectivity index is 2.18. The molecule has 2 atom stereocenters. The molecule has 0 saturated carbocycles. The van der Waals surface area contributed by atoms with Gasteiger partial charge in [0, 0.05) is 4.88 Å². The SMILES string of the molecule is CCc1ccc(S(=O)(=O)NC2CS(=O)(=O)CC2Cl)s1. The first kappa shape index (κ1) is 15.2. The van der Waals surface area contributed by atoms with E-state index in [0.29, 0.717) is 0 Å². The lowest BCUT2D eigenvalue weighted by atomic mass is 10.3. The van der Waals surface area contributed by atoms with Gasteiger partial charge in [0.2, 0.25) is 10.0 Å². The van der Waals surface area contributed by atoms with E-state index in [1.54, 1.807) is 6.07 Å². The number of nitrogens with one attached hydrogen (secondary N) is 1. The predicted octanol–water partition coefficient (Wildman–Crippen LogP) is 0.993. The summed E-state index contributed by atoms with van der Waals surface area (Å²) in [5.74, 6) is -0.432. The molecule has 2 unspecified atom stereocenters. The molecule has 0 spiro atoms. The molecule has 5 nitrogen and oxygen atoms in total. The summed E-state index contributed by atoms with van der Waals surface area (Å²) in [6.07, 6.45) is 0.760. The van der Waals surface area contributed by atoms with Crippen molar-refractivity contribution < 1.29 is 16.8 Å². The topological polar surface area (TPSA) is 80.3 Å². The Hall–Kier alpha value is -0.150. The minimum atomic E-state index is -3.70. The third-order valence-electron chi connectivity index (χ3n) is 2.84. The monoisotopic (exact) mass is 343 g/mol. The van der Waals surface area contributed by atoms with Gasteiger partial charge in [-0.15, -0.1) is 22.9 Å². The number of aryl methyl sites for hydroxylation is 1. The summed E-state index contributed by atoms with van der Waals surface area (Å²) in [5, 5.41) is -0.717. The Morgan fingerprint density at radius 1 is 1.42 bits per heavy atom. The first-order valence-corrected chi connectivity index (χ1v) is 10.2. The molecule has 1 aliphatic heterocycles. The van der Waals surface area contributed by atoms with Crippen molar-refractivity contribution in [1.29, 1.82) is 0 Å². The molecule has 19 heavy (non-hydrogen) atoms. The molecule has 0 radical (unpaired) electrons. The Bertz CT molecular complexity index is 665. The third-order valence-corrected chi connectivity index (χ3v) is 8.43. The quantitative estimate of drug-likeness (QED) is 0.827. The molecule has 2 rings (SSSR count). The standard InChI is InChI=1S/C10H14ClNO4S3/c1-2-7-3-4-10(17-7)19(15,16)12-9-6-18(13,14)5-8(9)11/h3-4,8-9,12H,2,5-6H2,1H3. The van der Waals surface area contributed by atoms with Crippen LogP contribution in [0, 0.1) is 0 Å². The van der Waals surface area contributed by atoms with Crippen molar-refractivity contribution >= 4 is 42.8 Å². The summed E-state index contributed by atoms with van der Waals surface area (Å²) in [6.45, 7) is 1.94. The van der Waals surface area contributed by atoms with Crippen LogP contribution in [0.3, 0.4) is 0 Å². The zero-order chi connectivity index (χ0) is 14.3. The number of hydrogen-bond acceptors (Lipinski definition) is 5. The second kappa shape index (κ2) is 5.33. The molecule has 2 heterocycles. The smallest absolute Gasteiger partial charge is 0.229 e. The van der Waals surface area contributed by atoms with Gasteiger partial charge in [-0.3, -0.25) is 0 Å². The fraction of sp³-hybridized carbons (Fsp3) is 0.600. The molecular formula is C10H14ClNO4S3. The van der Waals surface area contributed by atoms with Crippen molar-refractivity contribution in [2.75, 3.05) is 11.5 Å². The molecule has 108 valence electrons. The first-order chi connectivity index (χ1) is 8.73. The molecule has 1 aliphatic rings. The largest absolute Gasteiger partial charge is 0.250 e. The zero-order valence-corrected chi connectivity index (χ0v) is 13.4. The van der Waals surface area contributed by atoms with Crippen molar-refractivity contribution in [3.63, 3.8) is 0 Å². The number of sulfone groups is 1. The van der Waals surface area contributed by atoms with Crippen LogP contribution in [0.25, 0.3) is 0 Å². The summed E-state index contributed by atoms with van der Waals surface area (Å²) in [7, 11) is -6.95. The summed E-state index contributed by atoms with van der Waals surface area (Å²) < 4.78 is 49.6. The van der Waals surface area contributed by atoms with E-state index in [4.69, 9.17) is 11.6 Å². The maximum atomic E-state index is 12.1. The van der Waals surface area contributed by atoms with Gasteiger partial charge in [0.25, 0.3) is 0 Å². The molecule has 9 heteroatoms. The van der Waals surface area contributed by atoms with Crippen LogP contribution in [0.1, 0.15) is 11.8 Å². The van der Waals surface area contributed by atoms with E-state index in [-0.39, 0.29) is 15.7 Å². The van der Waals surface area contributed by atoms with E-state index in [9.17, 15) is 16.8 Å². The molecule has 1 aromatic heterocycles. The minimum absolute atomic E-state index is 0.188. The number of hydrogen-bond donors (Lipinski definition) is 1. The van der Waals surface area contributed by atoms with Crippen molar-refractivity contribution in [3.8, 4) is 0 Å². The van der Waals surface area contributed by atoms with Crippen LogP contribution < -0.4 is 4.72 Å². The average molecular weight is 344 g/mol. The lowest BCUT2D eigenvalue weighted by Crippen LogP contribution is -2.40. The normalized spacial score (nSPS) is 26.6. The third kappa shape index (κ3) is 3.49. The van der Waals surface area contributed by atoms with Gasteiger partial charge in [-0.25, -0.2) is 21.6 Å². The van der Waals surface area contributed by atoms with Crippen LogP contribution in [0.2, 0.25) is 0 Å². The van der Waals surface area contributed by atoms with E-state index < -0.39 is 31.3 Å². The fourth-order valence-corrected chi connectivity index (χ4v) is 7.18. The van der Waals surface area contributed by atoms with Crippen LogP contribution in [0.4, 0.5) is 0 Å². The number of halogens is 1. The van der Waals surface area contributed by atoms with Gasteiger partial charge in [0.15, 0.2) is 9.84 Å². The lowest BCUT2D eigenvalue weighted by Gasteiger charge is -2.13. The van der Waals surface area contributed by atoms with Crippen molar-refractivity contribution in [1.82, 2.24) is 4.72 Å². The van der Waals surface area contributed by atoms with Crippen LogP contribution in [-0.2, 0) is 26.3 Å². The van der Waals surface area contributed by atoms with Crippen LogP contribution in [-0.4, -0.2) is 39.8 Å². The summed E-state index contributed by atoms with van der Waals surface area (Å²) >= 11 is 7.07. The van der Waals surface area contributed by atoms with Gasteiger partial charge in [-0.05, 0) is 18.6 Å². The maximum absolute atomic E-state index is 12.1. The second-order valence-corrected chi connectivity index (χ2v) is 10.2. The summed E-state index contributed by atoms with van der Waals surface area (Å²) in [5.41, 5.74) is 0. The maximum Gasteiger partial charge on any atom is 0.250 e. The molecule has 0 aromatic carbocycles. The van der Waals surface area contributed by atoms with Crippen LogP contribution >= 0.6 is 22.9 Å². The highest BCUT2D eigenvalue weighted by molar-refractivity contribution is 7.92. The minimum Gasteiger partial charge on any atom is -0.229 e. The molecule has 0 bridgehead atoms. The van der Waals surface area contributed by atoms with Gasteiger partial charge in [-0.2, -0.15) is 0 Å². The van der Waals surface area contributed by atoms with Crippen LogP contribution in [0.5, 0.6) is 0 Å². The molecule has 0 amide bonds. The number of sulfonamides is 1. The Morgan fingerprint density at radius 2 is 2.11 bits per heavy atom. The van der Waals surface area contributed by atoms with Crippen molar-refractivity contribution in [2.45, 2.75) is 29.0 Å². The number of alkyl halides is 1. The molecular weight excluding hydrogens is 330 g/mol. The molecule has 1 saturated heterocycles. The zero-order valence-electron chi connectivity index (χ0n) is 10.2. The molecule has 0 aliphatic carbocycles. The molecule has 1 aromatic rings. The molecule has 1 fully saturated rings. The lowest BCUT2D eigenvalue weighted by molar-refractivity contribution is 0.565. The fourth-order valence-electron chi connectivity index (χ4n) is 1.86. The van der Waals surface area contributed by atoms with Gasteiger partial charge in [0.05, 0.1) is 22.9 Å². The van der Waals surface area contributed by atoms with E-state index >= 15 is 0 Å². The van der Waals surface area contributed by atoms with Crippen molar-refractivity contribution in [2.24, 2.45) is 0 Å². The number of rotatable bonds is 4. The summed E-state index contributed by atoms with van der Waals surface area (Å²) in [6, 6.07) is 2.52. The number of thiophene rings is 1. The van der Waals surface area contributed by atoms with E-state index in [1.807, 2.05) is 6.92 Å². The van der Waals surface area contributed by atoms with E-state index in [2.05, 4.69) is 4.72 Å². The Morgan fingerprint density at radius 3 is 2.58 bits per heavy atom. The second-order valence-electron chi connectivity index (χ2n) is 4.39. The highest BCUT2D eigenvalue weighted by atomic mass is 35.5. The van der Waals surface area contributed by atoms with Crippen LogP contribution in [0.15, 0.2) is 16.3 Å². The average Bonchev–Trinajstić information content (AvgIpc) is 2.83. The highest BCUT2D eigenvalue weighted by Crippen LogP contribution is 2.24. The van der Waals surface area contributed by atoms with E-state index in [0.717, 1.165) is 11.3 Å². The Labute approximate surface area is 121 Å². The van der Waals surface area contributed by atoms with Gasteiger partial charge >= 0.3 is 0 Å². The highest BCUT2D eigenvalue weighted by Gasteiger charge is 2.39.